The van der Waals surface area contributed by atoms with Gasteiger partial charge < -0.3 is 27.0 Å². The van der Waals surface area contributed by atoms with Crippen LogP contribution in [0.15, 0.2) is 220 Å². The minimum atomic E-state index is 0.173. The van der Waals surface area contributed by atoms with E-state index in [9.17, 15) is 10.5 Å². The van der Waals surface area contributed by atoms with Crippen molar-refractivity contribution in [3.8, 4) is 40.3 Å². The maximum atomic E-state index is 12.4. The first-order valence-corrected chi connectivity index (χ1v) is 25.1. The van der Waals surface area contributed by atoms with E-state index in [1.54, 1.807) is 12.4 Å². The lowest BCUT2D eigenvalue weighted by Crippen LogP contribution is -2.14. The van der Waals surface area contributed by atoms with Crippen molar-refractivity contribution < 1.29 is 13.3 Å². The largest absolute Gasteiger partial charge is 0.454 e. The van der Waals surface area contributed by atoms with E-state index in [4.69, 9.17) is 13.3 Å². The Bertz CT molecular complexity index is 5510. The van der Waals surface area contributed by atoms with Gasteiger partial charge in [0.1, 0.15) is 28.9 Å². The molecule has 7 aromatic heterocycles. The Morgan fingerprint density at radius 3 is 1.05 bits per heavy atom. The van der Waals surface area contributed by atoms with Gasteiger partial charge in [0, 0.05) is 82.6 Å². The van der Waals surface area contributed by atoms with Crippen molar-refractivity contribution in [1.29, 1.82) is 10.5 Å². The molecule has 0 unspecified atom stereocenters. The van der Waals surface area contributed by atoms with E-state index in [2.05, 4.69) is 134 Å². The van der Waals surface area contributed by atoms with Gasteiger partial charge in [0.05, 0.1) is 61.3 Å². The minimum absolute atomic E-state index is 0.173. The molecule has 0 saturated heterocycles. The van der Waals surface area contributed by atoms with Gasteiger partial charge in [-0.05, 0) is 72.3 Å². The summed E-state index contributed by atoms with van der Waals surface area (Å²) in [6, 6.07) is 71.6. The van der Waals surface area contributed by atoms with Crippen LogP contribution in [0.1, 0.15) is 11.1 Å². The van der Waals surface area contributed by atoms with Gasteiger partial charge >= 0.3 is 0 Å². The van der Waals surface area contributed by atoms with Crippen LogP contribution in [-0.4, -0.2) is 18.7 Å². The molecule has 0 bridgehead atoms. The van der Waals surface area contributed by atoms with Crippen LogP contribution in [0.4, 0.5) is 0 Å². The molecular weight excluding hydrogens is 937 g/mol. The second-order valence-corrected chi connectivity index (χ2v) is 19.5. The van der Waals surface area contributed by atoms with Gasteiger partial charge in [0.2, 0.25) is 0 Å². The van der Waals surface area contributed by atoms with Crippen molar-refractivity contribution in [3.05, 3.63) is 218 Å². The molecule has 0 aliphatic carbocycles. The van der Waals surface area contributed by atoms with E-state index >= 15 is 0 Å². The lowest BCUT2D eigenvalue weighted by Gasteiger charge is -2.26. The first-order valence-electron chi connectivity index (χ1n) is 25.1. The quantitative estimate of drug-likeness (QED) is 0.173. The van der Waals surface area contributed by atoms with Crippen LogP contribution in [0, 0.1) is 22.7 Å². The van der Waals surface area contributed by atoms with E-state index in [0.29, 0.717) is 39.4 Å². The summed E-state index contributed by atoms with van der Waals surface area (Å²) in [6.07, 6.45) is 3.58. The molecule has 0 aliphatic heterocycles. The van der Waals surface area contributed by atoms with Gasteiger partial charge in [-0.25, -0.2) is 0 Å². The Morgan fingerprint density at radius 2 is 0.645 bits per heavy atom. The molecule has 0 saturated carbocycles. The van der Waals surface area contributed by atoms with Crippen molar-refractivity contribution in [2.45, 2.75) is 0 Å². The number of furan rings is 3. The van der Waals surface area contributed by atoms with E-state index in [1.807, 2.05) is 91.0 Å². The molecule has 9 nitrogen and oxygen atoms in total. The van der Waals surface area contributed by atoms with Gasteiger partial charge in [-0.2, -0.15) is 10.5 Å². The van der Waals surface area contributed by atoms with Crippen LogP contribution < -0.4 is 0 Å². The van der Waals surface area contributed by atoms with Crippen LogP contribution in [0.25, 0.3) is 159 Å². The Balaban J connectivity index is 1.20. The molecule has 9 heteroatoms. The monoisotopic (exact) mass is 970 g/mol. The normalized spacial score (nSPS) is 12.2. The summed E-state index contributed by atoms with van der Waals surface area (Å²) in [5.74, 6) is 0. The van der Waals surface area contributed by atoms with Gasteiger partial charge in [-0.3, -0.25) is 4.98 Å². The summed E-state index contributed by atoms with van der Waals surface area (Å²) in [5.41, 5.74) is 12.6. The second kappa shape index (κ2) is 14.9. The van der Waals surface area contributed by atoms with Crippen molar-refractivity contribution in [3.63, 3.8) is 0 Å². The van der Waals surface area contributed by atoms with Gasteiger partial charge in [0.15, 0.2) is 16.7 Å². The molecule has 7 heterocycles. The van der Waals surface area contributed by atoms with Crippen molar-refractivity contribution >= 4 is 131 Å². The zero-order valence-corrected chi connectivity index (χ0v) is 40.0. The lowest BCUT2D eigenvalue weighted by atomic mass is 9.92. The molecule has 0 amide bonds. The molecule has 10 aromatic carbocycles. The maximum absolute atomic E-state index is 12.4. The van der Waals surface area contributed by atoms with Crippen molar-refractivity contribution in [2.24, 2.45) is 0 Å². The minimum Gasteiger partial charge on any atom is -0.454 e. The Kier molecular flexibility index (Phi) is 7.96. The predicted octanol–water partition coefficient (Wildman–Crippen LogP) is 17.5. The average Bonchev–Trinajstić information content (AvgIpc) is 4.48. The first kappa shape index (κ1) is 40.7. The number of fused-ring (bicyclic) bond motifs is 21. The molecule has 350 valence electrons. The number of pyridine rings is 1. The summed E-state index contributed by atoms with van der Waals surface area (Å²) in [7, 11) is 0. The second-order valence-electron chi connectivity index (χ2n) is 19.5. The van der Waals surface area contributed by atoms with Crippen LogP contribution in [0.3, 0.4) is 0 Å². The summed E-state index contributed by atoms with van der Waals surface area (Å²) in [6.45, 7) is 0. The predicted molar refractivity (Wildman–Crippen MR) is 304 cm³/mol. The molecule has 17 rings (SSSR count). The zero-order chi connectivity index (χ0) is 49.9. The molecule has 0 fully saturated rings. The fraction of sp³-hybridized carbons (Fsp3) is 0. The summed E-state index contributed by atoms with van der Waals surface area (Å²) in [4.78, 5) is 4.59. The first-order chi connectivity index (χ1) is 37.7. The fourth-order valence-corrected chi connectivity index (χ4v) is 12.8. The Morgan fingerprint density at radius 1 is 0.316 bits per heavy atom. The molecule has 0 radical (unpaired) electrons. The third-order valence-electron chi connectivity index (χ3n) is 15.8. The number of hydrogen-bond acceptors (Lipinski definition) is 6. The van der Waals surface area contributed by atoms with Crippen molar-refractivity contribution in [2.75, 3.05) is 0 Å². The fourth-order valence-electron chi connectivity index (χ4n) is 12.8. The SMILES string of the molecule is N#Cc1c(C#N)c(-n2c3ccccc3c3ccc4c5ccccc5oc4c32)c(-n2c3ccccc3c3ccc4c5ccccc5oc4c32)c(-c2ccncc2)c1-n1c2ccccc2c2ccc3c4ccccc4oc3c21. The highest BCUT2D eigenvalue weighted by Crippen LogP contribution is 2.52. The lowest BCUT2D eigenvalue weighted by molar-refractivity contribution is 0.670. The third kappa shape index (κ3) is 5.12. The molecular formula is C67H34N6O3. The highest BCUT2D eigenvalue weighted by molar-refractivity contribution is 6.26. The summed E-state index contributed by atoms with van der Waals surface area (Å²) < 4.78 is 27.7. The number of benzene rings is 10. The number of nitrogens with zero attached hydrogens (tertiary/aromatic N) is 6. The van der Waals surface area contributed by atoms with Gasteiger partial charge in [-0.15, -0.1) is 0 Å². The molecule has 0 N–H and O–H groups in total. The van der Waals surface area contributed by atoms with Crippen LogP contribution in [0.2, 0.25) is 0 Å². The number of para-hydroxylation sites is 6. The average molecular weight is 971 g/mol. The number of nitriles is 2. The third-order valence-corrected chi connectivity index (χ3v) is 15.8. The summed E-state index contributed by atoms with van der Waals surface area (Å²) >= 11 is 0. The Labute approximate surface area is 429 Å². The smallest absolute Gasteiger partial charge is 0.160 e. The molecule has 0 aliphatic rings. The molecule has 76 heavy (non-hydrogen) atoms. The topological polar surface area (TPSA) is 115 Å². The summed E-state index contributed by atoms with van der Waals surface area (Å²) in [5, 5.41) is 36.1. The van der Waals surface area contributed by atoms with E-state index in [-0.39, 0.29) is 11.1 Å². The van der Waals surface area contributed by atoms with Gasteiger partial charge in [0.25, 0.3) is 0 Å². The zero-order valence-electron chi connectivity index (χ0n) is 40.0. The number of hydrogen-bond donors (Lipinski definition) is 0. The van der Waals surface area contributed by atoms with Crippen molar-refractivity contribution in [1.82, 2.24) is 18.7 Å². The standard InChI is InChI=1S/C67H34N6O3/c68-35-50-51(36-69)60(72-53-20-8-2-14-39(53)45-26-29-48-42-17-5-11-23-56(42)75-66(48)62(45)72)64(73-54-21-9-3-15-40(54)46-27-30-49-43-18-6-12-24-57(43)76-67(49)63(46)73)58(37-31-33-70-34-32-37)59(50)71-52-19-7-1-13-38(52)44-25-28-47-41-16-4-10-22-55(41)74-65(47)61(44)71/h1-34H. The van der Waals surface area contributed by atoms with Crippen LogP contribution in [-0.2, 0) is 0 Å². The maximum Gasteiger partial charge on any atom is 0.160 e. The molecule has 0 spiro atoms. The van der Waals surface area contributed by atoms with E-state index in [0.717, 1.165) is 120 Å². The number of rotatable bonds is 4. The highest BCUT2D eigenvalue weighted by atomic mass is 16.3. The number of aromatic nitrogens is 4. The van der Waals surface area contributed by atoms with E-state index < -0.39 is 0 Å². The molecule has 0 atom stereocenters. The molecule has 17 aromatic rings. The van der Waals surface area contributed by atoms with Crippen LogP contribution >= 0.6 is 0 Å². The van der Waals surface area contributed by atoms with Crippen LogP contribution in [0.5, 0.6) is 0 Å². The highest BCUT2D eigenvalue weighted by Gasteiger charge is 2.35. The Hall–Kier alpha value is -10.9. The van der Waals surface area contributed by atoms with E-state index in [1.165, 1.54) is 0 Å². The van der Waals surface area contributed by atoms with Gasteiger partial charge in [-0.1, -0.05) is 127 Å².